The molecule has 3 N–H and O–H groups in total. The molecule has 0 fully saturated rings. The molecule has 1 amide bonds. The number of rotatable bonds is 6. The number of H-pyrrole nitrogens is 2. The van der Waals surface area contributed by atoms with Crippen LogP contribution in [0.25, 0.3) is 11.0 Å². The largest absolute Gasteiger partial charge is 0.453 e. The normalized spacial score (nSPS) is 12.3. The number of esters is 1. The first-order valence-electron chi connectivity index (χ1n) is 7.57. The van der Waals surface area contributed by atoms with Crippen LogP contribution in [-0.2, 0) is 14.3 Å². The van der Waals surface area contributed by atoms with Crippen LogP contribution in [0.4, 0.5) is 5.69 Å². The number of anilines is 1. The van der Waals surface area contributed by atoms with Gasteiger partial charge in [0.2, 0.25) is 0 Å². The van der Waals surface area contributed by atoms with Gasteiger partial charge < -0.3 is 20.0 Å². The van der Waals surface area contributed by atoms with E-state index in [0.29, 0.717) is 29.1 Å². The Labute approximate surface area is 133 Å². The number of amides is 1. The van der Waals surface area contributed by atoms with Gasteiger partial charge in [0.15, 0.2) is 6.10 Å². The minimum atomic E-state index is -0.879. The van der Waals surface area contributed by atoms with Gasteiger partial charge in [0.1, 0.15) is 0 Å². The molecule has 7 nitrogen and oxygen atoms in total. The molecule has 0 aliphatic heterocycles. The highest BCUT2D eigenvalue weighted by molar-refractivity contribution is 5.96. The van der Waals surface area contributed by atoms with Gasteiger partial charge in [0.05, 0.1) is 11.0 Å². The van der Waals surface area contributed by atoms with Crippen molar-refractivity contribution in [1.29, 1.82) is 0 Å². The van der Waals surface area contributed by atoms with Crippen molar-refractivity contribution in [3.63, 3.8) is 0 Å². The Morgan fingerprint density at radius 3 is 2.57 bits per heavy atom. The highest BCUT2D eigenvalue weighted by atomic mass is 16.5. The Morgan fingerprint density at radius 2 is 1.87 bits per heavy atom. The molecule has 2 aromatic rings. The number of benzene rings is 1. The van der Waals surface area contributed by atoms with Gasteiger partial charge in [0, 0.05) is 12.1 Å². The van der Waals surface area contributed by atoms with Crippen LogP contribution in [-0.4, -0.2) is 27.9 Å². The van der Waals surface area contributed by atoms with E-state index in [1.165, 1.54) is 6.92 Å². The maximum absolute atomic E-state index is 12.1. The molecule has 1 aromatic carbocycles. The lowest BCUT2D eigenvalue weighted by Gasteiger charge is -2.14. The van der Waals surface area contributed by atoms with E-state index in [0.717, 1.165) is 6.42 Å². The third kappa shape index (κ3) is 4.70. The van der Waals surface area contributed by atoms with Gasteiger partial charge in [-0.3, -0.25) is 9.59 Å². The van der Waals surface area contributed by atoms with Gasteiger partial charge >= 0.3 is 11.7 Å². The molecule has 23 heavy (non-hydrogen) atoms. The van der Waals surface area contributed by atoms with Crippen LogP contribution in [0.2, 0.25) is 0 Å². The average molecular weight is 319 g/mol. The summed E-state index contributed by atoms with van der Waals surface area (Å²) in [5, 5.41) is 2.66. The van der Waals surface area contributed by atoms with E-state index >= 15 is 0 Å². The Bertz CT molecular complexity index is 760. The second kappa shape index (κ2) is 7.13. The molecule has 0 aliphatic carbocycles. The maximum atomic E-state index is 12.1. The van der Waals surface area contributed by atoms with Crippen LogP contribution in [0.3, 0.4) is 0 Å². The summed E-state index contributed by atoms with van der Waals surface area (Å²) in [5.74, 6) is -0.395. The van der Waals surface area contributed by atoms with Crippen LogP contribution in [0.5, 0.6) is 0 Å². The molecule has 0 bridgehead atoms. The number of fused-ring (bicyclic) bond motifs is 1. The fourth-order valence-electron chi connectivity index (χ4n) is 2.07. The first kappa shape index (κ1) is 16.8. The molecule has 1 heterocycles. The van der Waals surface area contributed by atoms with E-state index in [1.807, 2.05) is 13.8 Å². The molecular weight excluding hydrogens is 298 g/mol. The van der Waals surface area contributed by atoms with Crippen LogP contribution in [0.15, 0.2) is 23.0 Å². The molecule has 124 valence electrons. The van der Waals surface area contributed by atoms with E-state index in [4.69, 9.17) is 4.74 Å². The lowest BCUT2D eigenvalue weighted by Crippen LogP contribution is -2.30. The van der Waals surface area contributed by atoms with Crippen LogP contribution in [0.1, 0.15) is 33.6 Å². The highest BCUT2D eigenvalue weighted by Crippen LogP contribution is 2.15. The summed E-state index contributed by atoms with van der Waals surface area (Å²) in [5.41, 5.74) is 1.45. The topological polar surface area (TPSA) is 104 Å². The average Bonchev–Trinajstić information content (AvgIpc) is 2.84. The summed E-state index contributed by atoms with van der Waals surface area (Å²) in [4.78, 5) is 40.1. The lowest BCUT2D eigenvalue weighted by atomic mass is 10.1. The molecule has 1 aromatic heterocycles. The number of imidazole rings is 1. The predicted molar refractivity (Wildman–Crippen MR) is 87.2 cm³/mol. The zero-order valence-electron chi connectivity index (χ0n) is 13.4. The van der Waals surface area contributed by atoms with Gasteiger partial charge in [-0.05, 0) is 37.5 Å². The van der Waals surface area contributed by atoms with Crippen molar-refractivity contribution in [3.8, 4) is 0 Å². The molecule has 0 saturated heterocycles. The lowest BCUT2D eigenvalue weighted by molar-refractivity contribution is -0.153. The summed E-state index contributed by atoms with van der Waals surface area (Å²) in [6, 6.07) is 4.98. The van der Waals surface area contributed by atoms with Crippen molar-refractivity contribution < 1.29 is 14.3 Å². The van der Waals surface area contributed by atoms with Crippen molar-refractivity contribution in [2.75, 3.05) is 5.32 Å². The zero-order valence-corrected chi connectivity index (χ0v) is 13.4. The molecule has 0 radical (unpaired) electrons. The number of ether oxygens (including phenoxy) is 1. The summed E-state index contributed by atoms with van der Waals surface area (Å²) in [6.07, 6.45) is 0.145. The molecule has 1 atom stereocenters. The third-order valence-corrected chi connectivity index (χ3v) is 3.39. The number of aromatic amines is 2. The number of hydrogen-bond acceptors (Lipinski definition) is 4. The monoisotopic (exact) mass is 319 g/mol. The van der Waals surface area contributed by atoms with Crippen LogP contribution >= 0.6 is 0 Å². The standard InChI is InChI=1S/C16H21N3O4/c1-9(2)4-7-14(20)23-10(3)15(21)17-11-5-6-12-13(8-11)19-16(22)18-12/h5-6,8-10H,4,7H2,1-3H3,(H,17,21)(H2,18,19,22)/t10-/m1/s1. The van der Waals surface area contributed by atoms with Crippen LogP contribution < -0.4 is 11.0 Å². The molecule has 0 spiro atoms. The second-order valence-electron chi connectivity index (χ2n) is 5.89. The molecular formula is C16H21N3O4. The van der Waals surface area contributed by atoms with Gasteiger partial charge in [-0.1, -0.05) is 13.8 Å². The minimum Gasteiger partial charge on any atom is -0.453 e. The van der Waals surface area contributed by atoms with Gasteiger partial charge in [-0.25, -0.2) is 4.79 Å². The molecule has 2 rings (SSSR count). The first-order valence-corrected chi connectivity index (χ1v) is 7.57. The molecule has 0 saturated carbocycles. The summed E-state index contributed by atoms with van der Waals surface area (Å²) in [6.45, 7) is 5.56. The summed E-state index contributed by atoms with van der Waals surface area (Å²) in [7, 11) is 0. The number of carbonyl (C=O) groups excluding carboxylic acids is 2. The maximum Gasteiger partial charge on any atom is 0.323 e. The zero-order chi connectivity index (χ0) is 17.0. The smallest absolute Gasteiger partial charge is 0.323 e. The van der Waals surface area contributed by atoms with Gasteiger partial charge in [-0.2, -0.15) is 0 Å². The predicted octanol–water partition coefficient (Wildman–Crippen LogP) is 2.16. The second-order valence-corrected chi connectivity index (χ2v) is 5.89. The van der Waals surface area contributed by atoms with Crippen molar-refractivity contribution in [2.45, 2.75) is 39.7 Å². The Hall–Kier alpha value is -2.57. The Balaban J connectivity index is 1.93. The van der Waals surface area contributed by atoms with Gasteiger partial charge in [0.25, 0.3) is 5.91 Å². The Morgan fingerprint density at radius 1 is 1.17 bits per heavy atom. The van der Waals surface area contributed by atoms with E-state index in [-0.39, 0.29) is 11.7 Å². The number of nitrogens with one attached hydrogen (secondary N) is 3. The van der Waals surface area contributed by atoms with E-state index in [2.05, 4.69) is 15.3 Å². The SMILES string of the molecule is CC(C)CCC(=O)O[C@H](C)C(=O)Nc1ccc2[nH]c(=O)[nH]c2c1. The fraction of sp³-hybridized carbons (Fsp3) is 0.438. The quantitative estimate of drug-likeness (QED) is 0.710. The van der Waals surface area contributed by atoms with Crippen LogP contribution in [0, 0.1) is 5.92 Å². The van der Waals surface area contributed by atoms with Crippen molar-refractivity contribution in [3.05, 3.63) is 28.7 Å². The van der Waals surface area contributed by atoms with E-state index < -0.39 is 12.0 Å². The van der Waals surface area contributed by atoms with E-state index in [1.54, 1.807) is 18.2 Å². The fourth-order valence-corrected chi connectivity index (χ4v) is 2.07. The number of aromatic nitrogens is 2. The number of hydrogen-bond donors (Lipinski definition) is 3. The van der Waals surface area contributed by atoms with Crippen molar-refractivity contribution in [2.24, 2.45) is 5.92 Å². The molecule has 0 unspecified atom stereocenters. The molecule has 7 heteroatoms. The van der Waals surface area contributed by atoms with E-state index in [9.17, 15) is 14.4 Å². The van der Waals surface area contributed by atoms with Crippen molar-refractivity contribution in [1.82, 2.24) is 9.97 Å². The molecule has 0 aliphatic rings. The first-order chi connectivity index (χ1) is 10.8. The summed E-state index contributed by atoms with van der Waals surface area (Å²) >= 11 is 0. The third-order valence-electron chi connectivity index (χ3n) is 3.39. The minimum absolute atomic E-state index is 0.297. The Kier molecular flexibility index (Phi) is 5.20. The van der Waals surface area contributed by atoms with Crippen molar-refractivity contribution >= 4 is 28.6 Å². The highest BCUT2D eigenvalue weighted by Gasteiger charge is 2.18. The van der Waals surface area contributed by atoms with Gasteiger partial charge in [-0.15, -0.1) is 0 Å². The summed E-state index contributed by atoms with van der Waals surface area (Å²) < 4.78 is 5.11. The number of carbonyl (C=O) groups is 2.